The molecule has 0 aliphatic rings. The molecule has 2 rings (SSSR count). The number of hydrogen-bond donors (Lipinski definition) is 1. The Morgan fingerprint density at radius 2 is 2.09 bits per heavy atom. The topological polar surface area (TPSA) is 84.7 Å². The van der Waals surface area contributed by atoms with Gasteiger partial charge in [-0.1, -0.05) is 23.4 Å². The van der Waals surface area contributed by atoms with Crippen LogP contribution in [0.2, 0.25) is 0 Å². The number of ether oxygens (including phenoxy) is 1. The summed E-state index contributed by atoms with van der Waals surface area (Å²) < 4.78 is 9.68. The minimum absolute atomic E-state index is 0.0939. The van der Waals surface area contributed by atoms with E-state index in [1.807, 2.05) is 19.1 Å². The van der Waals surface area contributed by atoms with Crippen molar-refractivity contribution < 1.29 is 18.8 Å². The predicted octanol–water partition coefficient (Wildman–Crippen LogP) is 1.71. The van der Waals surface area contributed by atoms with Crippen LogP contribution < -0.4 is 5.32 Å². The minimum atomic E-state index is -0.350. The number of methoxy groups -OCH3 is 1. The van der Waals surface area contributed by atoms with Crippen molar-refractivity contribution in [3.05, 3.63) is 47.7 Å². The number of nitrogens with zero attached hydrogens (tertiary/aromatic N) is 2. The fourth-order valence-corrected chi connectivity index (χ4v) is 2.07. The van der Waals surface area contributed by atoms with Crippen molar-refractivity contribution in [3.8, 4) is 0 Å². The van der Waals surface area contributed by atoms with E-state index < -0.39 is 0 Å². The van der Waals surface area contributed by atoms with Gasteiger partial charge >= 0.3 is 0 Å². The lowest BCUT2D eigenvalue weighted by atomic mass is 10.1. The third-order valence-corrected chi connectivity index (χ3v) is 3.27. The number of rotatable bonds is 7. The van der Waals surface area contributed by atoms with Gasteiger partial charge in [-0.15, -0.1) is 0 Å². The van der Waals surface area contributed by atoms with Crippen molar-refractivity contribution in [2.24, 2.45) is 0 Å². The lowest BCUT2D eigenvalue weighted by Gasteiger charge is -2.22. The Morgan fingerprint density at radius 3 is 2.74 bits per heavy atom. The van der Waals surface area contributed by atoms with Gasteiger partial charge in [-0.05, 0) is 18.6 Å². The smallest absolute Gasteiger partial charge is 0.254 e. The third kappa shape index (κ3) is 4.65. The van der Waals surface area contributed by atoms with Gasteiger partial charge in [0.1, 0.15) is 12.8 Å². The van der Waals surface area contributed by atoms with Crippen LogP contribution in [-0.2, 0) is 9.53 Å². The lowest BCUT2D eigenvalue weighted by molar-refractivity contribution is -0.117. The van der Waals surface area contributed by atoms with Crippen molar-refractivity contribution in [3.63, 3.8) is 0 Å². The summed E-state index contributed by atoms with van der Waals surface area (Å²) in [5.74, 6) is -0.252. The van der Waals surface area contributed by atoms with Crippen LogP contribution in [0.25, 0.3) is 0 Å². The number of hydrogen-bond acceptors (Lipinski definition) is 5. The molecule has 7 heteroatoms. The zero-order valence-electron chi connectivity index (χ0n) is 13.1. The van der Waals surface area contributed by atoms with Crippen molar-refractivity contribution in [2.75, 3.05) is 32.1 Å². The second kappa shape index (κ2) is 8.09. The van der Waals surface area contributed by atoms with Crippen LogP contribution in [0.4, 0.5) is 5.82 Å². The number of carbonyl (C=O) groups excluding carboxylic acids is 2. The first-order valence-electron chi connectivity index (χ1n) is 7.16. The van der Waals surface area contributed by atoms with Gasteiger partial charge in [0, 0.05) is 25.3 Å². The second-order valence-corrected chi connectivity index (χ2v) is 4.97. The third-order valence-electron chi connectivity index (χ3n) is 3.27. The number of aromatic nitrogens is 1. The molecule has 2 amide bonds. The van der Waals surface area contributed by atoms with E-state index in [9.17, 15) is 9.59 Å². The molecule has 0 saturated carbocycles. The molecule has 0 aliphatic heterocycles. The van der Waals surface area contributed by atoms with Crippen molar-refractivity contribution in [2.45, 2.75) is 6.92 Å². The van der Waals surface area contributed by atoms with Gasteiger partial charge in [0.2, 0.25) is 5.91 Å². The summed E-state index contributed by atoms with van der Waals surface area (Å²) >= 11 is 0. The van der Waals surface area contributed by atoms with Crippen molar-refractivity contribution in [1.82, 2.24) is 10.1 Å². The van der Waals surface area contributed by atoms with E-state index in [2.05, 4.69) is 15.0 Å². The van der Waals surface area contributed by atoms with Gasteiger partial charge in [-0.25, -0.2) is 0 Å². The highest BCUT2D eigenvalue weighted by atomic mass is 16.5. The van der Waals surface area contributed by atoms with Gasteiger partial charge in [0.05, 0.1) is 6.61 Å². The largest absolute Gasteiger partial charge is 0.383 e. The van der Waals surface area contributed by atoms with Gasteiger partial charge in [0.15, 0.2) is 5.82 Å². The predicted molar refractivity (Wildman–Crippen MR) is 84.1 cm³/mol. The van der Waals surface area contributed by atoms with Crippen LogP contribution in [0.1, 0.15) is 15.9 Å². The van der Waals surface area contributed by atoms with Crippen LogP contribution in [-0.4, -0.2) is 48.7 Å². The molecule has 0 radical (unpaired) electrons. The molecule has 23 heavy (non-hydrogen) atoms. The lowest BCUT2D eigenvalue weighted by Crippen LogP contribution is -2.40. The Labute approximate surface area is 134 Å². The van der Waals surface area contributed by atoms with Gasteiger partial charge in [-0.2, -0.15) is 0 Å². The van der Waals surface area contributed by atoms with Crippen LogP contribution in [0.3, 0.4) is 0 Å². The average molecular weight is 317 g/mol. The van der Waals surface area contributed by atoms with Crippen LogP contribution >= 0.6 is 0 Å². The highest BCUT2D eigenvalue weighted by Gasteiger charge is 2.20. The molecule has 0 saturated heterocycles. The van der Waals surface area contributed by atoms with Gasteiger partial charge in [0.25, 0.3) is 5.91 Å². The number of nitrogens with one attached hydrogen (secondary N) is 1. The van der Waals surface area contributed by atoms with Crippen LogP contribution in [0, 0.1) is 6.92 Å². The van der Waals surface area contributed by atoms with E-state index in [0.717, 1.165) is 5.56 Å². The van der Waals surface area contributed by atoms with E-state index in [-0.39, 0.29) is 18.4 Å². The minimum Gasteiger partial charge on any atom is -0.383 e. The molecule has 0 aliphatic carbocycles. The summed E-state index contributed by atoms with van der Waals surface area (Å²) in [4.78, 5) is 26.2. The molecule has 0 spiro atoms. The molecule has 1 heterocycles. The highest BCUT2D eigenvalue weighted by Crippen LogP contribution is 2.11. The van der Waals surface area contributed by atoms with Crippen LogP contribution in [0.15, 0.2) is 41.1 Å². The summed E-state index contributed by atoms with van der Waals surface area (Å²) in [6.45, 7) is 2.42. The Kier molecular flexibility index (Phi) is 5.87. The maximum absolute atomic E-state index is 12.7. The summed E-state index contributed by atoms with van der Waals surface area (Å²) in [6, 6.07) is 8.79. The van der Waals surface area contributed by atoms with E-state index in [1.54, 1.807) is 19.2 Å². The number of anilines is 1. The van der Waals surface area contributed by atoms with E-state index in [0.29, 0.717) is 24.5 Å². The first-order valence-corrected chi connectivity index (χ1v) is 7.16. The molecule has 1 aromatic heterocycles. The summed E-state index contributed by atoms with van der Waals surface area (Å²) in [5.41, 5.74) is 1.43. The van der Waals surface area contributed by atoms with E-state index >= 15 is 0 Å². The Morgan fingerprint density at radius 1 is 1.30 bits per heavy atom. The molecule has 1 aromatic carbocycles. The van der Waals surface area contributed by atoms with Gasteiger partial charge < -0.3 is 19.5 Å². The highest BCUT2D eigenvalue weighted by molar-refractivity contribution is 5.99. The fourth-order valence-electron chi connectivity index (χ4n) is 2.07. The summed E-state index contributed by atoms with van der Waals surface area (Å²) in [7, 11) is 1.55. The van der Waals surface area contributed by atoms with E-state index in [4.69, 9.17) is 4.74 Å². The van der Waals surface area contributed by atoms with Crippen LogP contribution in [0.5, 0.6) is 0 Å². The summed E-state index contributed by atoms with van der Waals surface area (Å²) in [5, 5.41) is 6.18. The number of aryl methyl sites for hydroxylation is 1. The average Bonchev–Trinajstić information content (AvgIpc) is 3.04. The molecule has 2 aromatic rings. The van der Waals surface area contributed by atoms with Crippen molar-refractivity contribution in [1.29, 1.82) is 0 Å². The molecule has 122 valence electrons. The standard InChI is InChI=1S/C16H19N3O4/c1-12-5-3-4-6-13(12)16(21)19(8-10-22-2)11-15(20)17-14-7-9-23-18-14/h3-7,9H,8,10-11H2,1-2H3,(H,17,18,20). The Balaban J connectivity index is 2.08. The molecule has 0 fully saturated rings. The fraction of sp³-hybridized carbons (Fsp3) is 0.312. The molecular formula is C16H19N3O4. The maximum Gasteiger partial charge on any atom is 0.254 e. The number of amides is 2. The molecule has 0 unspecified atom stereocenters. The van der Waals surface area contributed by atoms with Crippen molar-refractivity contribution >= 4 is 17.6 Å². The number of benzene rings is 1. The zero-order chi connectivity index (χ0) is 16.7. The monoisotopic (exact) mass is 317 g/mol. The SMILES string of the molecule is COCCN(CC(=O)Nc1ccon1)C(=O)c1ccccc1C. The first kappa shape index (κ1) is 16.7. The summed E-state index contributed by atoms with van der Waals surface area (Å²) in [6.07, 6.45) is 1.36. The quantitative estimate of drug-likeness (QED) is 0.840. The second-order valence-electron chi connectivity index (χ2n) is 4.97. The molecule has 0 atom stereocenters. The Hall–Kier alpha value is -2.67. The maximum atomic E-state index is 12.7. The normalized spacial score (nSPS) is 10.3. The zero-order valence-corrected chi connectivity index (χ0v) is 13.1. The Bertz CT molecular complexity index is 655. The van der Waals surface area contributed by atoms with E-state index in [1.165, 1.54) is 17.2 Å². The number of carbonyl (C=O) groups is 2. The molecule has 1 N–H and O–H groups in total. The van der Waals surface area contributed by atoms with Gasteiger partial charge in [-0.3, -0.25) is 9.59 Å². The molecule has 7 nitrogen and oxygen atoms in total. The molecule has 0 bridgehead atoms. The first-order chi connectivity index (χ1) is 11.1. The molecular weight excluding hydrogens is 298 g/mol.